The molecule has 1 aromatic carbocycles. The van der Waals surface area contributed by atoms with Gasteiger partial charge in [0.25, 0.3) is 5.91 Å². The highest BCUT2D eigenvalue weighted by atomic mass is 16.5. The second kappa shape index (κ2) is 10.3. The Hall–Kier alpha value is -2.76. The quantitative estimate of drug-likeness (QED) is 0.448. The highest BCUT2D eigenvalue weighted by Gasteiger charge is 2.18. The number of amides is 1. The van der Waals surface area contributed by atoms with Crippen LogP contribution in [0.4, 0.5) is 5.69 Å². The Balaban J connectivity index is 2.05. The topological polar surface area (TPSA) is 83.5 Å². The molecule has 1 aromatic heterocycles. The second-order valence-corrected chi connectivity index (χ2v) is 6.03. The van der Waals surface area contributed by atoms with E-state index in [1.54, 1.807) is 24.5 Å². The van der Waals surface area contributed by atoms with E-state index >= 15 is 0 Å². The molecule has 0 saturated heterocycles. The highest BCUT2D eigenvalue weighted by Crippen LogP contribution is 2.36. The minimum atomic E-state index is -0.227. The molecular formula is C20H27N3O3. The van der Waals surface area contributed by atoms with Crippen molar-refractivity contribution in [1.82, 2.24) is 10.3 Å². The van der Waals surface area contributed by atoms with Gasteiger partial charge in [-0.15, -0.1) is 0 Å². The largest absolute Gasteiger partial charge is 0.503 e. The van der Waals surface area contributed by atoms with Crippen LogP contribution in [0, 0.1) is 0 Å². The van der Waals surface area contributed by atoms with Crippen LogP contribution in [0.1, 0.15) is 42.1 Å². The molecule has 3 N–H and O–H groups in total. The summed E-state index contributed by atoms with van der Waals surface area (Å²) in [5.74, 6) is 0.0807. The van der Waals surface area contributed by atoms with Gasteiger partial charge in [0.1, 0.15) is 0 Å². The molecular weight excluding hydrogens is 330 g/mol. The summed E-state index contributed by atoms with van der Waals surface area (Å²) < 4.78 is 5.16. The number of aromatic nitrogens is 1. The maximum Gasteiger partial charge on any atom is 0.253 e. The third-order valence-electron chi connectivity index (χ3n) is 4.14. The summed E-state index contributed by atoms with van der Waals surface area (Å²) in [4.78, 5) is 16.6. The predicted octanol–water partition coefficient (Wildman–Crippen LogP) is 3.37. The monoisotopic (exact) mass is 357 g/mol. The first-order valence-corrected chi connectivity index (χ1v) is 8.98. The number of unbranched alkanes of at least 4 members (excludes halogenated alkanes) is 2. The van der Waals surface area contributed by atoms with Crippen molar-refractivity contribution in [3.05, 3.63) is 47.8 Å². The number of phenolic OH excluding ortho intramolecular Hbond substituents is 1. The van der Waals surface area contributed by atoms with Crippen molar-refractivity contribution in [2.45, 2.75) is 32.6 Å². The zero-order valence-corrected chi connectivity index (χ0v) is 15.4. The maximum absolute atomic E-state index is 12.6. The van der Waals surface area contributed by atoms with Gasteiger partial charge in [-0.05, 0) is 42.7 Å². The Morgan fingerprint density at radius 3 is 2.62 bits per heavy atom. The van der Waals surface area contributed by atoms with Crippen LogP contribution in [-0.2, 0) is 6.42 Å². The molecule has 0 aliphatic heterocycles. The van der Waals surface area contributed by atoms with Crippen molar-refractivity contribution in [2.75, 3.05) is 25.5 Å². The van der Waals surface area contributed by atoms with Crippen LogP contribution >= 0.6 is 0 Å². The van der Waals surface area contributed by atoms with Gasteiger partial charge in [-0.2, -0.15) is 0 Å². The van der Waals surface area contributed by atoms with E-state index in [1.165, 1.54) is 7.11 Å². The molecule has 6 nitrogen and oxygen atoms in total. The molecule has 2 aromatic rings. The smallest absolute Gasteiger partial charge is 0.253 e. The fourth-order valence-electron chi connectivity index (χ4n) is 2.66. The number of hydrogen-bond donors (Lipinski definition) is 3. The Bertz CT molecular complexity index is 705. The van der Waals surface area contributed by atoms with Crippen LogP contribution in [0.2, 0.25) is 0 Å². The number of nitrogens with zero attached hydrogens (tertiary/aromatic N) is 1. The lowest BCUT2D eigenvalue weighted by Crippen LogP contribution is -2.26. The minimum absolute atomic E-state index is 0.0363. The molecule has 0 spiro atoms. The van der Waals surface area contributed by atoms with Crippen LogP contribution < -0.4 is 15.4 Å². The Kier molecular flexibility index (Phi) is 7.74. The maximum atomic E-state index is 12.6. The first kappa shape index (κ1) is 19.6. The molecule has 0 saturated carbocycles. The zero-order valence-electron chi connectivity index (χ0n) is 15.4. The normalized spacial score (nSPS) is 10.4. The zero-order chi connectivity index (χ0) is 18.8. The van der Waals surface area contributed by atoms with E-state index in [0.717, 1.165) is 31.2 Å². The van der Waals surface area contributed by atoms with Gasteiger partial charge in [-0.25, -0.2) is 0 Å². The average Bonchev–Trinajstić information content (AvgIpc) is 2.66. The third-order valence-corrected chi connectivity index (χ3v) is 4.14. The SMILES string of the molecule is CCCCCNc1c(C(=O)NCCc2ccncc2)ccc(OC)c1O. The van der Waals surface area contributed by atoms with Crippen molar-refractivity contribution in [2.24, 2.45) is 0 Å². The lowest BCUT2D eigenvalue weighted by Gasteiger charge is -2.16. The summed E-state index contributed by atoms with van der Waals surface area (Å²) in [6, 6.07) is 7.12. The summed E-state index contributed by atoms with van der Waals surface area (Å²) >= 11 is 0. The van der Waals surface area contributed by atoms with Crippen LogP contribution in [0.25, 0.3) is 0 Å². The minimum Gasteiger partial charge on any atom is -0.503 e. The highest BCUT2D eigenvalue weighted by molar-refractivity contribution is 6.01. The van der Waals surface area contributed by atoms with Gasteiger partial charge < -0.3 is 20.5 Å². The third kappa shape index (κ3) is 5.37. The van der Waals surface area contributed by atoms with Gasteiger partial charge in [0, 0.05) is 25.5 Å². The van der Waals surface area contributed by atoms with Crippen molar-refractivity contribution in [1.29, 1.82) is 0 Å². The van der Waals surface area contributed by atoms with E-state index in [9.17, 15) is 9.90 Å². The number of rotatable bonds is 10. The molecule has 6 heteroatoms. The van der Waals surface area contributed by atoms with Crippen LogP contribution in [0.5, 0.6) is 11.5 Å². The van der Waals surface area contributed by atoms with Crippen molar-refractivity contribution in [3.8, 4) is 11.5 Å². The summed E-state index contributed by atoms with van der Waals surface area (Å²) in [5.41, 5.74) is 1.94. The van der Waals surface area contributed by atoms with Crippen LogP contribution in [-0.4, -0.2) is 36.2 Å². The summed E-state index contributed by atoms with van der Waals surface area (Å²) in [6.07, 6.45) is 7.35. The number of benzene rings is 1. The molecule has 140 valence electrons. The predicted molar refractivity (Wildman–Crippen MR) is 103 cm³/mol. The molecule has 0 atom stereocenters. The van der Waals surface area contributed by atoms with Gasteiger partial charge in [-0.3, -0.25) is 9.78 Å². The number of aromatic hydroxyl groups is 1. The molecule has 0 aliphatic carbocycles. The van der Waals surface area contributed by atoms with Gasteiger partial charge >= 0.3 is 0 Å². The molecule has 1 heterocycles. The number of nitrogens with one attached hydrogen (secondary N) is 2. The number of ether oxygens (including phenoxy) is 1. The number of hydrogen-bond acceptors (Lipinski definition) is 5. The Morgan fingerprint density at radius 2 is 1.92 bits per heavy atom. The Morgan fingerprint density at radius 1 is 1.15 bits per heavy atom. The lowest BCUT2D eigenvalue weighted by atomic mass is 10.1. The number of pyridine rings is 1. The average molecular weight is 357 g/mol. The lowest BCUT2D eigenvalue weighted by molar-refractivity contribution is 0.0954. The van der Waals surface area contributed by atoms with E-state index in [0.29, 0.717) is 30.1 Å². The number of carbonyl (C=O) groups is 1. The number of methoxy groups -OCH3 is 1. The molecule has 0 unspecified atom stereocenters. The van der Waals surface area contributed by atoms with Gasteiger partial charge in [0.05, 0.1) is 18.4 Å². The molecule has 0 bridgehead atoms. The fourth-order valence-corrected chi connectivity index (χ4v) is 2.66. The van der Waals surface area contributed by atoms with E-state index in [4.69, 9.17) is 4.74 Å². The van der Waals surface area contributed by atoms with Crippen molar-refractivity contribution < 1.29 is 14.6 Å². The van der Waals surface area contributed by atoms with Gasteiger partial charge in [-0.1, -0.05) is 19.8 Å². The Labute approximate surface area is 154 Å². The molecule has 26 heavy (non-hydrogen) atoms. The number of anilines is 1. The number of carbonyl (C=O) groups excluding carboxylic acids is 1. The van der Waals surface area contributed by atoms with E-state index in [2.05, 4.69) is 22.5 Å². The number of phenols is 1. The van der Waals surface area contributed by atoms with Gasteiger partial charge in [0.15, 0.2) is 11.5 Å². The van der Waals surface area contributed by atoms with E-state index < -0.39 is 0 Å². The summed E-state index contributed by atoms with van der Waals surface area (Å²) in [6.45, 7) is 3.32. The summed E-state index contributed by atoms with van der Waals surface area (Å²) in [5, 5.41) is 16.5. The second-order valence-electron chi connectivity index (χ2n) is 6.03. The van der Waals surface area contributed by atoms with E-state index in [-0.39, 0.29) is 11.7 Å². The molecule has 0 radical (unpaired) electrons. The first-order chi connectivity index (χ1) is 12.7. The van der Waals surface area contributed by atoms with Crippen molar-refractivity contribution in [3.63, 3.8) is 0 Å². The standard InChI is InChI=1S/C20H27N3O3/c1-3-4-5-11-22-18-16(6-7-17(26-2)19(18)24)20(25)23-14-10-15-8-12-21-13-9-15/h6-9,12-13,22,24H,3-5,10-11,14H2,1-2H3,(H,23,25). The fraction of sp³-hybridized carbons (Fsp3) is 0.400. The summed E-state index contributed by atoms with van der Waals surface area (Å²) in [7, 11) is 1.49. The first-order valence-electron chi connectivity index (χ1n) is 8.98. The molecule has 2 rings (SSSR count). The molecule has 0 fully saturated rings. The van der Waals surface area contributed by atoms with Crippen LogP contribution in [0.3, 0.4) is 0 Å². The van der Waals surface area contributed by atoms with Gasteiger partial charge in [0.2, 0.25) is 0 Å². The molecule has 0 aliphatic rings. The van der Waals surface area contributed by atoms with Crippen molar-refractivity contribution >= 4 is 11.6 Å². The van der Waals surface area contributed by atoms with E-state index in [1.807, 2.05) is 12.1 Å². The molecule has 1 amide bonds. The van der Waals surface area contributed by atoms with Crippen LogP contribution in [0.15, 0.2) is 36.7 Å².